The van der Waals surface area contributed by atoms with Crippen LogP contribution in [-0.4, -0.2) is 36.3 Å². The zero-order chi connectivity index (χ0) is 22.1. The number of aliphatic imine (C=N–C) groups is 1. The molecule has 1 heterocycles. The van der Waals surface area contributed by atoms with Crippen molar-refractivity contribution in [2.45, 2.75) is 33.5 Å². The second kappa shape index (κ2) is 11.1. The number of benzene rings is 2. The normalized spacial score (nSPS) is 11.3. The molecule has 0 saturated carbocycles. The molecular formula is C24H31N5O2. The van der Waals surface area contributed by atoms with Crippen molar-refractivity contribution in [1.29, 1.82) is 0 Å². The van der Waals surface area contributed by atoms with Crippen LogP contribution in [0.3, 0.4) is 0 Å². The Bertz CT molecular complexity index is 1010. The number of hydrogen-bond donors (Lipinski definition) is 2. The molecule has 0 aliphatic heterocycles. The van der Waals surface area contributed by atoms with Crippen molar-refractivity contribution in [3.05, 3.63) is 77.4 Å². The molecule has 0 bridgehead atoms. The summed E-state index contributed by atoms with van der Waals surface area (Å²) in [6, 6.07) is 14.4. The van der Waals surface area contributed by atoms with Crippen molar-refractivity contribution in [2.75, 3.05) is 20.8 Å². The lowest BCUT2D eigenvalue weighted by Crippen LogP contribution is -2.36. The van der Waals surface area contributed by atoms with E-state index in [1.165, 1.54) is 11.1 Å². The minimum atomic E-state index is 0.595. The molecule has 0 radical (unpaired) electrons. The van der Waals surface area contributed by atoms with Gasteiger partial charge in [-0.3, -0.25) is 0 Å². The van der Waals surface area contributed by atoms with Gasteiger partial charge in [0.05, 0.1) is 20.8 Å². The zero-order valence-corrected chi connectivity index (χ0v) is 18.7. The van der Waals surface area contributed by atoms with Gasteiger partial charge in [-0.2, -0.15) is 0 Å². The molecule has 0 saturated heterocycles. The minimum Gasteiger partial charge on any atom is -0.493 e. The van der Waals surface area contributed by atoms with Gasteiger partial charge in [0.25, 0.3) is 0 Å². The molecular weight excluding hydrogens is 390 g/mol. The Hall–Kier alpha value is -3.48. The summed E-state index contributed by atoms with van der Waals surface area (Å²) in [7, 11) is 3.28. The number of hydrogen-bond acceptors (Lipinski definition) is 4. The fourth-order valence-electron chi connectivity index (χ4n) is 3.28. The smallest absolute Gasteiger partial charge is 0.191 e. The van der Waals surface area contributed by atoms with E-state index in [-0.39, 0.29) is 0 Å². The summed E-state index contributed by atoms with van der Waals surface area (Å²) in [5.41, 5.74) is 3.48. The van der Waals surface area contributed by atoms with E-state index in [1.807, 2.05) is 37.5 Å². The number of aryl methyl sites for hydroxylation is 1. The van der Waals surface area contributed by atoms with Gasteiger partial charge in [-0.05, 0) is 42.7 Å². The van der Waals surface area contributed by atoms with E-state index in [2.05, 4.69) is 51.4 Å². The molecule has 0 aliphatic carbocycles. The standard InChI is InChI=1S/C24H31N5O2/c1-5-25-24(28-16-20-9-10-22(30-3)23(14-20)31-4)27-15-19-7-6-8-21(13-19)17-29-12-11-26-18(29)2/h6-14H,5,15-17H2,1-4H3,(H2,25,27,28). The highest BCUT2D eigenvalue weighted by Gasteiger charge is 2.06. The highest BCUT2D eigenvalue weighted by molar-refractivity contribution is 5.79. The third-order valence-corrected chi connectivity index (χ3v) is 4.94. The maximum Gasteiger partial charge on any atom is 0.191 e. The van der Waals surface area contributed by atoms with Gasteiger partial charge in [0.15, 0.2) is 17.5 Å². The van der Waals surface area contributed by atoms with E-state index in [4.69, 9.17) is 14.5 Å². The third kappa shape index (κ3) is 6.25. The Morgan fingerprint density at radius 1 is 1.00 bits per heavy atom. The van der Waals surface area contributed by atoms with Crippen LogP contribution in [0.1, 0.15) is 29.4 Å². The molecule has 3 aromatic rings. The van der Waals surface area contributed by atoms with Crippen LogP contribution in [0, 0.1) is 6.92 Å². The average molecular weight is 422 g/mol. The molecule has 0 atom stereocenters. The SMILES string of the molecule is CCNC(=NCc1cccc(Cn2ccnc2C)c1)NCc1ccc(OC)c(OC)c1. The number of rotatable bonds is 9. The Balaban J connectivity index is 1.64. The molecule has 164 valence electrons. The second-order valence-corrected chi connectivity index (χ2v) is 7.16. The first-order valence-corrected chi connectivity index (χ1v) is 10.4. The molecule has 31 heavy (non-hydrogen) atoms. The van der Waals surface area contributed by atoms with Crippen LogP contribution in [0.25, 0.3) is 0 Å². The van der Waals surface area contributed by atoms with E-state index in [9.17, 15) is 0 Å². The highest BCUT2D eigenvalue weighted by atomic mass is 16.5. The number of ether oxygens (including phenoxy) is 2. The van der Waals surface area contributed by atoms with Crippen molar-refractivity contribution in [3.8, 4) is 11.5 Å². The van der Waals surface area contributed by atoms with Crippen molar-refractivity contribution in [3.63, 3.8) is 0 Å². The largest absolute Gasteiger partial charge is 0.493 e. The fraction of sp³-hybridized carbons (Fsp3) is 0.333. The number of aromatic nitrogens is 2. The molecule has 0 amide bonds. The first-order valence-electron chi connectivity index (χ1n) is 10.4. The topological polar surface area (TPSA) is 72.7 Å². The fourth-order valence-corrected chi connectivity index (χ4v) is 3.28. The molecule has 2 aromatic carbocycles. The van der Waals surface area contributed by atoms with E-state index in [0.717, 1.165) is 36.2 Å². The summed E-state index contributed by atoms with van der Waals surface area (Å²) in [6.07, 6.45) is 3.83. The summed E-state index contributed by atoms with van der Waals surface area (Å²) in [4.78, 5) is 9.04. The second-order valence-electron chi connectivity index (χ2n) is 7.16. The molecule has 7 nitrogen and oxygen atoms in total. The molecule has 0 unspecified atom stereocenters. The average Bonchev–Trinajstić information content (AvgIpc) is 3.19. The molecule has 0 fully saturated rings. The van der Waals surface area contributed by atoms with Gasteiger partial charge in [-0.15, -0.1) is 0 Å². The van der Waals surface area contributed by atoms with Crippen LogP contribution in [-0.2, 0) is 19.6 Å². The number of imidazole rings is 1. The molecule has 3 rings (SSSR count). The van der Waals surface area contributed by atoms with E-state index in [1.54, 1.807) is 14.2 Å². The van der Waals surface area contributed by atoms with Crippen molar-refractivity contribution < 1.29 is 9.47 Å². The van der Waals surface area contributed by atoms with Crippen molar-refractivity contribution >= 4 is 5.96 Å². The van der Waals surface area contributed by atoms with Gasteiger partial charge in [0, 0.05) is 32.0 Å². The van der Waals surface area contributed by atoms with Crippen LogP contribution in [0.2, 0.25) is 0 Å². The summed E-state index contributed by atoms with van der Waals surface area (Å²) in [6.45, 7) is 6.89. The molecule has 1 aromatic heterocycles. The van der Waals surface area contributed by atoms with E-state index >= 15 is 0 Å². The van der Waals surface area contributed by atoms with Crippen molar-refractivity contribution in [1.82, 2.24) is 20.2 Å². The monoisotopic (exact) mass is 421 g/mol. The van der Waals surface area contributed by atoms with Gasteiger partial charge >= 0.3 is 0 Å². The maximum absolute atomic E-state index is 5.39. The van der Waals surface area contributed by atoms with E-state index < -0.39 is 0 Å². The lowest BCUT2D eigenvalue weighted by atomic mass is 10.1. The van der Waals surface area contributed by atoms with Gasteiger partial charge in [-0.25, -0.2) is 9.98 Å². The summed E-state index contributed by atoms with van der Waals surface area (Å²) >= 11 is 0. The Kier molecular flexibility index (Phi) is 7.92. The Morgan fingerprint density at radius 2 is 1.81 bits per heavy atom. The predicted octanol–water partition coefficient (Wildman–Crippen LogP) is 3.51. The van der Waals surface area contributed by atoms with Crippen molar-refractivity contribution in [2.24, 2.45) is 4.99 Å². The van der Waals surface area contributed by atoms with Crippen LogP contribution in [0.15, 0.2) is 59.9 Å². The van der Waals surface area contributed by atoms with Crippen LogP contribution in [0.4, 0.5) is 0 Å². The third-order valence-electron chi connectivity index (χ3n) is 4.94. The molecule has 0 aliphatic rings. The number of nitrogens with one attached hydrogen (secondary N) is 2. The van der Waals surface area contributed by atoms with Crippen LogP contribution in [0.5, 0.6) is 11.5 Å². The summed E-state index contributed by atoms with van der Waals surface area (Å²) in [5, 5.41) is 6.69. The van der Waals surface area contributed by atoms with Crippen LogP contribution < -0.4 is 20.1 Å². The maximum atomic E-state index is 5.39. The van der Waals surface area contributed by atoms with Gasteiger partial charge < -0.3 is 24.7 Å². The lowest BCUT2D eigenvalue weighted by molar-refractivity contribution is 0.354. The first-order chi connectivity index (χ1) is 15.1. The van der Waals surface area contributed by atoms with Crippen LogP contribution >= 0.6 is 0 Å². The summed E-state index contributed by atoms with van der Waals surface area (Å²) in [5.74, 6) is 3.22. The number of nitrogens with zero attached hydrogens (tertiary/aromatic N) is 3. The number of methoxy groups -OCH3 is 2. The Labute approximate surface area is 184 Å². The zero-order valence-electron chi connectivity index (χ0n) is 18.7. The summed E-state index contributed by atoms with van der Waals surface area (Å²) < 4.78 is 12.8. The molecule has 2 N–H and O–H groups in total. The lowest BCUT2D eigenvalue weighted by Gasteiger charge is -2.13. The molecule has 0 spiro atoms. The predicted molar refractivity (Wildman–Crippen MR) is 124 cm³/mol. The quantitative estimate of drug-likeness (QED) is 0.409. The van der Waals surface area contributed by atoms with Gasteiger partial charge in [0.2, 0.25) is 0 Å². The first kappa shape index (κ1) is 22.2. The van der Waals surface area contributed by atoms with E-state index in [0.29, 0.717) is 18.8 Å². The Morgan fingerprint density at radius 3 is 2.52 bits per heavy atom. The highest BCUT2D eigenvalue weighted by Crippen LogP contribution is 2.27. The minimum absolute atomic E-state index is 0.595. The van der Waals surface area contributed by atoms with Gasteiger partial charge in [-0.1, -0.05) is 30.3 Å². The molecule has 7 heteroatoms. The van der Waals surface area contributed by atoms with Gasteiger partial charge in [0.1, 0.15) is 5.82 Å². The number of guanidine groups is 1.